The Hall–Kier alpha value is -2.23. The van der Waals surface area contributed by atoms with Crippen LogP contribution in [0, 0.1) is 11.3 Å². The molecule has 0 radical (unpaired) electrons. The number of carbonyl (C=O) groups excluding carboxylic acids is 2. The van der Waals surface area contributed by atoms with Gasteiger partial charge in [-0.25, -0.2) is 5.43 Å². The molecule has 0 unspecified atom stereocenters. The third-order valence-corrected chi connectivity index (χ3v) is 8.53. The summed E-state index contributed by atoms with van der Waals surface area (Å²) in [6, 6.07) is 3.20. The lowest BCUT2D eigenvalue weighted by Gasteiger charge is -2.36. The van der Waals surface area contributed by atoms with Crippen molar-refractivity contribution in [3.63, 3.8) is 0 Å². The largest absolute Gasteiger partial charge is 0.506 e. The lowest BCUT2D eigenvalue weighted by molar-refractivity contribution is 0.0952. The molecule has 5 N–H and O–H groups in total. The van der Waals surface area contributed by atoms with E-state index in [4.69, 9.17) is 5.73 Å². The Balaban J connectivity index is 1.62. The molecule has 2 aromatic heterocycles. The number of hydrogen-bond donors (Lipinski definition) is 4. The summed E-state index contributed by atoms with van der Waals surface area (Å²) in [6.45, 7) is 9.42. The lowest BCUT2D eigenvalue weighted by Crippen LogP contribution is -2.28. The van der Waals surface area contributed by atoms with E-state index in [-0.39, 0.29) is 11.7 Å². The fourth-order valence-corrected chi connectivity index (χ4v) is 6.23. The zero-order chi connectivity index (χ0) is 24.2. The minimum absolute atomic E-state index is 0.253. The standard InChI is InChI=1S/C24H34N4O3S2/c1-14(27-28-23(31)19-10-9-18(33-19)22(30)26-12-11-25)17-13-32-21(20(17)29)15-5-7-16(8-6-15)24(2,3)4/h9-10,13,15-16,29H,5-8,11-12,25H2,1-4H3,(H,26,30)(H,28,31)/b27-14+. The molecule has 33 heavy (non-hydrogen) atoms. The maximum Gasteiger partial charge on any atom is 0.281 e. The van der Waals surface area contributed by atoms with Crippen LogP contribution in [0.1, 0.15) is 89.1 Å². The van der Waals surface area contributed by atoms with Crippen molar-refractivity contribution in [2.24, 2.45) is 22.2 Å². The Bertz CT molecular complexity index is 1010. The SMILES string of the molecule is C/C(=N\NC(=O)c1ccc(C(=O)NCCN)s1)c1csc(C2CCC(C(C)(C)C)CC2)c1O. The smallest absolute Gasteiger partial charge is 0.281 e. The molecule has 7 nitrogen and oxygen atoms in total. The third-order valence-electron chi connectivity index (χ3n) is 6.31. The van der Waals surface area contributed by atoms with Gasteiger partial charge in [0, 0.05) is 18.5 Å². The van der Waals surface area contributed by atoms with Crippen LogP contribution in [0.4, 0.5) is 0 Å². The van der Waals surface area contributed by atoms with E-state index in [1.807, 2.05) is 5.38 Å². The van der Waals surface area contributed by atoms with Crippen LogP contribution < -0.4 is 16.5 Å². The number of aromatic hydroxyl groups is 1. The van der Waals surface area contributed by atoms with Gasteiger partial charge in [-0.3, -0.25) is 9.59 Å². The zero-order valence-corrected chi connectivity index (χ0v) is 21.4. The van der Waals surface area contributed by atoms with Crippen LogP contribution in [0.25, 0.3) is 0 Å². The van der Waals surface area contributed by atoms with Crippen molar-refractivity contribution in [1.82, 2.24) is 10.7 Å². The predicted molar refractivity (Wildman–Crippen MR) is 136 cm³/mol. The van der Waals surface area contributed by atoms with Gasteiger partial charge in [0.2, 0.25) is 0 Å². The molecule has 1 fully saturated rings. The molecular weight excluding hydrogens is 456 g/mol. The van der Waals surface area contributed by atoms with E-state index in [0.717, 1.165) is 35.0 Å². The summed E-state index contributed by atoms with van der Waals surface area (Å²) >= 11 is 2.66. The monoisotopic (exact) mass is 490 g/mol. The molecule has 0 aliphatic heterocycles. The van der Waals surface area contributed by atoms with Gasteiger partial charge in [-0.15, -0.1) is 22.7 Å². The van der Waals surface area contributed by atoms with E-state index in [0.29, 0.717) is 45.5 Å². The first-order chi connectivity index (χ1) is 15.6. The Morgan fingerprint density at radius 1 is 1.15 bits per heavy atom. The van der Waals surface area contributed by atoms with Gasteiger partial charge in [0.15, 0.2) is 0 Å². The lowest BCUT2D eigenvalue weighted by atomic mass is 9.69. The number of nitrogens with one attached hydrogen (secondary N) is 2. The molecule has 1 saturated carbocycles. The molecule has 0 atom stereocenters. The number of hydrazone groups is 1. The molecule has 180 valence electrons. The number of amides is 2. The molecule has 1 aliphatic carbocycles. The van der Waals surface area contributed by atoms with Gasteiger partial charge in [-0.2, -0.15) is 5.10 Å². The summed E-state index contributed by atoms with van der Waals surface area (Å²) in [4.78, 5) is 26.3. The maximum absolute atomic E-state index is 12.5. The quantitative estimate of drug-likeness (QED) is 0.333. The summed E-state index contributed by atoms with van der Waals surface area (Å²) in [6.07, 6.45) is 4.53. The summed E-state index contributed by atoms with van der Waals surface area (Å²) < 4.78 is 0. The summed E-state index contributed by atoms with van der Waals surface area (Å²) in [7, 11) is 0. The van der Waals surface area contributed by atoms with Gasteiger partial charge < -0.3 is 16.2 Å². The highest BCUT2D eigenvalue weighted by molar-refractivity contribution is 7.16. The molecule has 2 heterocycles. The summed E-state index contributed by atoms with van der Waals surface area (Å²) in [5.41, 5.74) is 9.45. The second kappa shape index (κ2) is 10.8. The van der Waals surface area contributed by atoms with Crippen LogP contribution >= 0.6 is 22.7 Å². The van der Waals surface area contributed by atoms with Crippen molar-refractivity contribution >= 4 is 40.2 Å². The summed E-state index contributed by atoms with van der Waals surface area (Å²) in [5, 5.41) is 19.6. The van der Waals surface area contributed by atoms with Crippen LogP contribution in [-0.2, 0) is 0 Å². The fourth-order valence-electron chi connectivity index (χ4n) is 4.24. The number of nitrogens with zero attached hydrogens (tertiary/aromatic N) is 1. The second-order valence-electron chi connectivity index (χ2n) is 9.62. The average molecular weight is 491 g/mol. The predicted octanol–water partition coefficient (Wildman–Crippen LogP) is 4.68. The van der Waals surface area contributed by atoms with Crippen molar-refractivity contribution in [3.8, 4) is 5.75 Å². The molecule has 0 bridgehead atoms. The highest BCUT2D eigenvalue weighted by atomic mass is 32.1. The second-order valence-corrected chi connectivity index (χ2v) is 11.6. The van der Waals surface area contributed by atoms with Crippen molar-refractivity contribution in [1.29, 1.82) is 0 Å². The fraction of sp³-hybridized carbons (Fsp3) is 0.542. The van der Waals surface area contributed by atoms with Crippen molar-refractivity contribution in [3.05, 3.63) is 37.7 Å². The van der Waals surface area contributed by atoms with Gasteiger partial charge >= 0.3 is 0 Å². The van der Waals surface area contributed by atoms with E-state index in [9.17, 15) is 14.7 Å². The minimum atomic E-state index is -0.396. The van der Waals surface area contributed by atoms with E-state index < -0.39 is 5.91 Å². The molecule has 0 aromatic carbocycles. The minimum Gasteiger partial charge on any atom is -0.506 e. The van der Waals surface area contributed by atoms with Crippen molar-refractivity contribution < 1.29 is 14.7 Å². The third kappa shape index (κ3) is 6.22. The Morgan fingerprint density at radius 2 is 1.79 bits per heavy atom. The molecule has 1 aliphatic rings. The van der Waals surface area contributed by atoms with Crippen LogP contribution in [0.2, 0.25) is 0 Å². The molecule has 2 amide bonds. The molecule has 0 spiro atoms. The van der Waals surface area contributed by atoms with Crippen LogP contribution in [-0.4, -0.2) is 35.7 Å². The van der Waals surface area contributed by atoms with Crippen LogP contribution in [0.15, 0.2) is 22.6 Å². The summed E-state index contributed by atoms with van der Waals surface area (Å²) in [5.74, 6) is 0.729. The average Bonchev–Trinajstić information content (AvgIpc) is 3.42. The van der Waals surface area contributed by atoms with Gasteiger partial charge in [0.05, 0.1) is 25.9 Å². The Labute approximate surface area is 203 Å². The number of nitrogens with two attached hydrogens (primary N) is 1. The topological polar surface area (TPSA) is 117 Å². The Morgan fingerprint density at radius 3 is 2.39 bits per heavy atom. The first kappa shape index (κ1) is 25.4. The molecule has 9 heteroatoms. The van der Waals surface area contributed by atoms with Crippen LogP contribution in [0.3, 0.4) is 0 Å². The molecule has 0 saturated heterocycles. The first-order valence-electron chi connectivity index (χ1n) is 11.3. The molecular formula is C24H34N4O3S2. The van der Waals surface area contributed by atoms with Gasteiger partial charge in [-0.1, -0.05) is 20.8 Å². The van der Waals surface area contributed by atoms with E-state index in [1.54, 1.807) is 30.4 Å². The highest BCUT2D eigenvalue weighted by Gasteiger charge is 2.32. The normalized spacial score (nSPS) is 19.4. The highest BCUT2D eigenvalue weighted by Crippen LogP contribution is 2.47. The van der Waals surface area contributed by atoms with E-state index in [2.05, 4.69) is 36.6 Å². The van der Waals surface area contributed by atoms with E-state index >= 15 is 0 Å². The van der Waals surface area contributed by atoms with Crippen molar-refractivity contribution in [2.45, 2.75) is 59.3 Å². The first-order valence-corrected chi connectivity index (χ1v) is 13.0. The number of carbonyl (C=O) groups is 2. The van der Waals surface area contributed by atoms with E-state index in [1.165, 1.54) is 12.8 Å². The molecule has 2 aromatic rings. The van der Waals surface area contributed by atoms with Crippen molar-refractivity contribution in [2.75, 3.05) is 13.1 Å². The maximum atomic E-state index is 12.5. The zero-order valence-electron chi connectivity index (χ0n) is 19.7. The Kier molecular flexibility index (Phi) is 8.31. The number of rotatable bonds is 7. The number of thiophene rings is 2. The van der Waals surface area contributed by atoms with Crippen LogP contribution in [0.5, 0.6) is 5.75 Å². The van der Waals surface area contributed by atoms with Gasteiger partial charge in [0.1, 0.15) is 5.75 Å². The van der Waals surface area contributed by atoms with Gasteiger partial charge in [-0.05, 0) is 62.0 Å². The molecule has 3 rings (SSSR count). The number of hydrogen-bond acceptors (Lipinski definition) is 7. The van der Waals surface area contributed by atoms with Gasteiger partial charge in [0.25, 0.3) is 11.8 Å².